The lowest BCUT2D eigenvalue weighted by molar-refractivity contribution is -0.139. The molecule has 1 atom stereocenters. The third kappa shape index (κ3) is 4.15. The second-order valence-corrected chi connectivity index (χ2v) is 8.01. The number of rotatable bonds is 4. The fraction of sp³-hybridized carbons (Fsp3) is 0.348. The number of anilines is 1. The number of likely N-dealkylation sites (tertiary alicyclic amines) is 1. The van der Waals surface area contributed by atoms with Gasteiger partial charge in [0, 0.05) is 38.7 Å². The second kappa shape index (κ2) is 8.18. The van der Waals surface area contributed by atoms with Gasteiger partial charge in [-0.15, -0.1) is 0 Å². The molecule has 0 saturated carbocycles. The fourth-order valence-corrected chi connectivity index (χ4v) is 4.06. The Morgan fingerprint density at radius 3 is 2.57 bits per heavy atom. The highest BCUT2D eigenvalue weighted by molar-refractivity contribution is 6.02. The third-order valence-corrected chi connectivity index (χ3v) is 5.84. The predicted octanol–water partition coefficient (Wildman–Crippen LogP) is 2.21. The van der Waals surface area contributed by atoms with Crippen LogP contribution in [0.3, 0.4) is 0 Å². The van der Waals surface area contributed by atoms with Crippen molar-refractivity contribution < 1.29 is 14.4 Å². The SMILES string of the molecule is CN(Cc1ccccc1)C(=O)CN1CCC2(CCC1=O)NC(=O)c1ccccc1N2. The Bertz CT molecular complexity index is 962. The third-order valence-electron chi connectivity index (χ3n) is 5.84. The van der Waals surface area contributed by atoms with Crippen LogP contribution in [0.15, 0.2) is 54.6 Å². The fourth-order valence-electron chi connectivity index (χ4n) is 4.06. The Kier molecular flexibility index (Phi) is 5.44. The van der Waals surface area contributed by atoms with E-state index in [0.717, 1.165) is 11.3 Å². The molecule has 0 bridgehead atoms. The van der Waals surface area contributed by atoms with Gasteiger partial charge in [-0.25, -0.2) is 0 Å². The highest BCUT2D eigenvalue weighted by atomic mass is 16.2. The molecule has 2 N–H and O–H groups in total. The van der Waals surface area contributed by atoms with Gasteiger partial charge < -0.3 is 20.4 Å². The van der Waals surface area contributed by atoms with Crippen molar-refractivity contribution in [2.45, 2.75) is 31.5 Å². The average molecular weight is 406 g/mol. The van der Waals surface area contributed by atoms with Gasteiger partial charge in [0.15, 0.2) is 0 Å². The van der Waals surface area contributed by atoms with Crippen molar-refractivity contribution >= 4 is 23.4 Å². The normalized spacial score (nSPS) is 20.8. The number of amides is 3. The quantitative estimate of drug-likeness (QED) is 0.816. The van der Waals surface area contributed by atoms with Gasteiger partial charge in [0.2, 0.25) is 11.8 Å². The number of carbonyl (C=O) groups excluding carboxylic acids is 3. The first-order valence-corrected chi connectivity index (χ1v) is 10.2. The Balaban J connectivity index is 1.41. The summed E-state index contributed by atoms with van der Waals surface area (Å²) in [6, 6.07) is 17.1. The summed E-state index contributed by atoms with van der Waals surface area (Å²) in [5, 5.41) is 6.48. The van der Waals surface area contributed by atoms with Gasteiger partial charge in [-0.05, 0) is 24.1 Å². The van der Waals surface area contributed by atoms with E-state index in [2.05, 4.69) is 10.6 Å². The van der Waals surface area contributed by atoms with Crippen molar-refractivity contribution in [1.29, 1.82) is 0 Å². The minimum Gasteiger partial charge on any atom is -0.362 e. The highest BCUT2D eigenvalue weighted by Crippen LogP contribution is 2.31. The Hall–Kier alpha value is -3.35. The van der Waals surface area contributed by atoms with Crippen molar-refractivity contribution in [1.82, 2.24) is 15.1 Å². The van der Waals surface area contributed by atoms with Gasteiger partial charge in [-0.3, -0.25) is 14.4 Å². The minimum absolute atomic E-state index is 0.0444. The summed E-state index contributed by atoms with van der Waals surface area (Å²) in [6.45, 7) is 0.946. The van der Waals surface area contributed by atoms with E-state index in [1.807, 2.05) is 48.5 Å². The molecule has 2 aliphatic heterocycles. The van der Waals surface area contributed by atoms with Crippen molar-refractivity contribution in [3.05, 3.63) is 65.7 Å². The molecule has 1 unspecified atom stereocenters. The Labute approximate surface area is 176 Å². The van der Waals surface area contributed by atoms with E-state index in [0.29, 0.717) is 31.5 Å². The van der Waals surface area contributed by atoms with E-state index >= 15 is 0 Å². The summed E-state index contributed by atoms with van der Waals surface area (Å²) in [5.41, 5.74) is 1.76. The summed E-state index contributed by atoms with van der Waals surface area (Å²) < 4.78 is 0. The lowest BCUT2D eigenvalue weighted by Gasteiger charge is -2.39. The summed E-state index contributed by atoms with van der Waals surface area (Å²) in [7, 11) is 1.75. The van der Waals surface area contributed by atoms with Crippen LogP contribution in [0.5, 0.6) is 0 Å². The molecule has 156 valence electrons. The molecule has 0 aromatic heterocycles. The van der Waals surface area contributed by atoms with Crippen LogP contribution in [-0.4, -0.2) is 53.3 Å². The number of nitrogens with one attached hydrogen (secondary N) is 2. The largest absolute Gasteiger partial charge is 0.362 e. The molecular formula is C23H26N4O3. The maximum Gasteiger partial charge on any atom is 0.255 e. The average Bonchev–Trinajstić information content (AvgIpc) is 2.89. The number of benzene rings is 2. The van der Waals surface area contributed by atoms with E-state index in [1.165, 1.54) is 0 Å². The lowest BCUT2D eigenvalue weighted by atomic mass is 9.95. The molecule has 3 amide bonds. The van der Waals surface area contributed by atoms with E-state index < -0.39 is 5.66 Å². The number of hydrogen-bond acceptors (Lipinski definition) is 4. The molecule has 0 radical (unpaired) electrons. The number of likely N-dealkylation sites (N-methyl/N-ethyl adjacent to an activating group) is 1. The molecule has 1 spiro atoms. The lowest BCUT2D eigenvalue weighted by Crippen LogP contribution is -2.58. The maximum absolute atomic E-state index is 12.7. The van der Waals surface area contributed by atoms with Crippen LogP contribution >= 0.6 is 0 Å². The molecule has 2 aliphatic rings. The van der Waals surface area contributed by atoms with Gasteiger partial charge in [-0.2, -0.15) is 0 Å². The number of hydrogen-bond donors (Lipinski definition) is 2. The molecule has 2 heterocycles. The second-order valence-electron chi connectivity index (χ2n) is 8.01. The van der Waals surface area contributed by atoms with Crippen molar-refractivity contribution in [3.8, 4) is 0 Å². The van der Waals surface area contributed by atoms with Gasteiger partial charge in [0.1, 0.15) is 5.66 Å². The molecule has 2 aromatic carbocycles. The van der Waals surface area contributed by atoms with Gasteiger partial charge >= 0.3 is 0 Å². The predicted molar refractivity (Wildman–Crippen MR) is 114 cm³/mol. The van der Waals surface area contributed by atoms with Crippen LogP contribution in [0.25, 0.3) is 0 Å². The van der Waals surface area contributed by atoms with E-state index in [9.17, 15) is 14.4 Å². The zero-order chi connectivity index (χ0) is 21.1. The van der Waals surface area contributed by atoms with Crippen molar-refractivity contribution in [3.63, 3.8) is 0 Å². The molecule has 7 nitrogen and oxygen atoms in total. The standard InChI is InChI=1S/C23H26N4O3/c1-26(15-17-7-3-2-4-8-17)21(29)16-27-14-13-23(12-11-20(27)28)24-19-10-6-5-9-18(19)22(30)25-23/h2-10,24H,11-16H2,1H3,(H,25,30). The van der Waals surface area contributed by atoms with Crippen LogP contribution in [0, 0.1) is 0 Å². The highest BCUT2D eigenvalue weighted by Gasteiger charge is 2.40. The molecule has 2 aromatic rings. The Morgan fingerprint density at radius 2 is 1.77 bits per heavy atom. The van der Waals surface area contributed by atoms with Gasteiger partial charge in [0.05, 0.1) is 12.1 Å². The molecule has 7 heteroatoms. The zero-order valence-electron chi connectivity index (χ0n) is 17.1. The van der Waals surface area contributed by atoms with E-state index in [-0.39, 0.29) is 30.7 Å². The first-order chi connectivity index (χ1) is 14.5. The molecule has 0 aliphatic carbocycles. The molecular weight excluding hydrogens is 380 g/mol. The van der Waals surface area contributed by atoms with Crippen molar-refractivity contribution in [2.24, 2.45) is 0 Å². The summed E-state index contributed by atoms with van der Waals surface area (Å²) in [4.78, 5) is 41.2. The molecule has 1 fully saturated rings. The zero-order valence-corrected chi connectivity index (χ0v) is 17.1. The van der Waals surface area contributed by atoms with Crippen molar-refractivity contribution in [2.75, 3.05) is 25.5 Å². The maximum atomic E-state index is 12.7. The van der Waals surface area contributed by atoms with Crippen LogP contribution in [-0.2, 0) is 16.1 Å². The first-order valence-electron chi connectivity index (χ1n) is 10.2. The van der Waals surface area contributed by atoms with Crippen LogP contribution in [0.2, 0.25) is 0 Å². The smallest absolute Gasteiger partial charge is 0.255 e. The number of nitrogens with zero attached hydrogens (tertiary/aromatic N) is 2. The first kappa shape index (κ1) is 19.9. The van der Waals surface area contributed by atoms with Crippen LogP contribution in [0.4, 0.5) is 5.69 Å². The Morgan fingerprint density at radius 1 is 1.03 bits per heavy atom. The molecule has 1 saturated heterocycles. The van der Waals surface area contributed by atoms with Gasteiger partial charge in [-0.1, -0.05) is 42.5 Å². The number of fused-ring (bicyclic) bond motifs is 1. The molecule has 30 heavy (non-hydrogen) atoms. The minimum atomic E-state index is -0.672. The monoisotopic (exact) mass is 406 g/mol. The van der Waals surface area contributed by atoms with Crippen LogP contribution in [0.1, 0.15) is 35.2 Å². The van der Waals surface area contributed by atoms with E-state index in [1.54, 1.807) is 22.9 Å². The topological polar surface area (TPSA) is 81.8 Å². The summed E-state index contributed by atoms with van der Waals surface area (Å²) >= 11 is 0. The summed E-state index contributed by atoms with van der Waals surface area (Å²) in [6.07, 6.45) is 1.29. The van der Waals surface area contributed by atoms with Gasteiger partial charge in [0.25, 0.3) is 5.91 Å². The van der Waals surface area contributed by atoms with Crippen LogP contribution < -0.4 is 10.6 Å². The number of para-hydroxylation sites is 1. The number of carbonyl (C=O) groups is 3. The van der Waals surface area contributed by atoms with E-state index in [4.69, 9.17) is 0 Å². The summed E-state index contributed by atoms with van der Waals surface area (Å²) in [5.74, 6) is -0.304. The molecule has 4 rings (SSSR count).